The Kier molecular flexibility index (Phi) is 4.15. The molecule has 0 saturated heterocycles. The lowest BCUT2D eigenvalue weighted by molar-refractivity contribution is 0.138. The summed E-state index contributed by atoms with van der Waals surface area (Å²) in [5.74, 6) is 0. The van der Waals surface area contributed by atoms with Gasteiger partial charge in [-0.1, -0.05) is 17.7 Å². The van der Waals surface area contributed by atoms with E-state index in [0.29, 0.717) is 10.7 Å². The van der Waals surface area contributed by atoms with E-state index in [4.69, 9.17) is 22.1 Å². The monoisotopic (exact) mass is 242 g/mol. The molecule has 4 nitrogen and oxygen atoms in total. The van der Waals surface area contributed by atoms with Gasteiger partial charge in [-0.05, 0) is 32.0 Å². The highest BCUT2D eigenvalue weighted by molar-refractivity contribution is 6.30. The molecule has 0 saturated carbocycles. The van der Waals surface area contributed by atoms with Crippen molar-refractivity contribution in [3.05, 3.63) is 29.3 Å². The van der Waals surface area contributed by atoms with Gasteiger partial charge in [0.2, 0.25) is 0 Å². The highest BCUT2D eigenvalue weighted by Crippen LogP contribution is 2.15. The van der Waals surface area contributed by atoms with Gasteiger partial charge < -0.3 is 10.5 Å². The van der Waals surface area contributed by atoms with Gasteiger partial charge in [-0.2, -0.15) is 0 Å². The fourth-order valence-electron chi connectivity index (χ4n) is 0.972. The zero-order chi connectivity index (χ0) is 12.2. The first-order chi connectivity index (χ1) is 7.37. The molecule has 0 aliphatic rings. The number of carbonyl (C=O) groups is 1. The highest BCUT2D eigenvalue weighted by Gasteiger charge is 2.13. The number of nitrogens with one attached hydrogen (secondary N) is 1. The topological polar surface area (TPSA) is 64.3 Å². The zero-order valence-corrected chi connectivity index (χ0v) is 10.0. The van der Waals surface area contributed by atoms with Crippen LogP contribution < -0.4 is 11.1 Å². The molecule has 5 heteroatoms. The average Bonchev–Trinajstić information content (AvgIpc) is 2.14. The lowest BCUT2D eigenvalue weighted by atomic mass is 10.1. The number of hydrogen-bond acceptors (Lipinski definition) is 3. The number of nitrogens with two attached hydrogens (primary N) is 1. The second kappa shape index (κ2) is 5.18. The largest absolute Gasteiger partial charge is 0.447 e. The SMILES string of the molecule is CC(C)(N)COC(=O)Nc1cccc(Cl)c1. The van der Waals surface area contributed by atoms with Crippen LogP contribution in [0.5, 0.6) is 0 Å². The number of amides is 1. The predicted molar refractivity (Wildman–Crippen MR) is 64.7 cm³/mol. The first-order valence-corrected chi connectivity index (χ1v) is 5.23. The van der Waals surface area contributed by atoms with Crippen LogP contribution in [0.25, 0.3) is 0 Å². The van der Waals surface area contributed by atoms with Crippen LogP contribution in [0, 0.1) is 0 Å². The summed E-state index contributed by atoms with van der Waals surface area (Å²) in [4.78, 5) is 11.3. The van der Waals surface area contributed by atoms with Crippen LogP contribution in [-0.2, 0) is 4.74 Å². The number of carbonyl (C=O) groups excluding carboxylic acids is 1. The molecule has 0 aliphatic heterocycles. The summed E-state index contributed by atoms with van der Waals surface area (Å²) in [6, 6.07) is 6.82. The van der Waals surface area contributed by atoms with Crippen molar-refractivity contribution >= 4 is 23.4 Å². The molecule has 0 radical (unpaired) electrons. The van der Waals surface area contributed by atoms with E-state index in [1.807, 2.05) is 0 Å². The second-order valence-electron chi connectivity index (χ2n) is 4.20. The molecule has 88 valence electrons. The maximum absolute atomic E-state index is 11.3. The van der Waals surface area contributed by atoms with Crippen molar-refractivity contribution in [1.29, 1.82) is 0 Å². The number of benzene rings is 1. The number of anilines is 1. The van der Waals surface area contributed by atoms with Crippen molar-refractivity contribution in [3.8, 4) is 0 Å². The molecule has 0 heterocycles. The van der Waals surface area contributed by atoms with E-state index >= 15 is 0 Å². The quantitative estimate of drug-likeness (QED) is 0.856. The maximum atomic E-state index is 11.3. The van der Waals surface area contributed by atoms with Crippen LogP contribution >= 0.6 is 11.6 Å². The molecule has 0 aliphatic carbocycles. The van der Waals surface area contributed by atoms with Gasteiger partial charge in [0, 0.05) is 16.2 Å². The van der Waals surface area contributed by atoms with Crippen LogP contribution in [0.15, 0.2) is 24.3 Å². The van der Waals surface area contributed by atoms with Gasteiger partial charge in [-0.15, -0.1) is 0 Å². The van der Waals surface area contributed by atoms with E-state index < -0.39 is 11.6 Å². The first kappa shape index (κ1) is 12.8. The lowest BCUT2D eigenvalue weighted by Gasteiger charge is -2.18. The minimum Gasteiger partial charge on any atom is -0.447 e. The van der Waals surface area contributed by atoms with Gasteiger partial charge in [0.15, 0.2) is 0 Å². The van der Waals surface area contributed by atoms with Crippen LogP contribution in [0.2, 0.25) is 5.02 Å². The smallest absolute Gasteiger partial charge is 0.411 e. The summed E-state index contributed by atoms with van der Waals surface area (Å²) in [5.41, 5.74) is 5.73. The lowest BCUT2D eigenvalue weighted by Crippen LogP contribution is -2.38. The molecular weight excluding hydrogens is 228 g/mol. The van der Waals surface area contributed by atoms with Crippen molar-refractivity contribution < 1.29 is 9.53 Å². The number of hydrogen-bond donors (Lipinski definition) is 2. The number of halogens is 1. The summed E-state index contributed by atoms with van der Waals surface area (Å²) in [5, 5.41) is 3.11. The van der Waals surface area contributed by atoms with Crippen LogP contribution in [0.1, 0.15) is 13.8 Å². The molecule has 1 rings (SSSR count). The maximum Gasteiger partial charge on any atom is 0.411 e. The van der Waals surface area contributed by atoms with Gasteiger partial charge in [0.25, 0.3) is 0 Å². The summed E-state index contributed by atoms with van der Waals surface area (Å²) in [6.45, 7) is 3.71. The van der Waals surface area contributed by atoms with Crippen LogP contribution in [-0.4, -0.2) is 18.2 Å². The van der Waals surface area contributed by atoms with Gasteiger partial charge >= 0.3 is 6.09 Å². The van der Waals surface area contributed by atoms with E-state index in [2.05, 4.69) is 5.32 Å². The molecule has 3 N–H and O–H groups in total. The Morgan fingerprint density at radius 2 is 2.25 bits per heavy atom. The Morgan fingerprint density at radius 1 is 1.56 bits per heavy atom. The van der Waals surface area contributed by atoms with Gasteiger partial charge in [0.05, 0.1) is 0 Å². The summed E-state index contributed by atoms with van der Waals surface area (Å²) < 4.78 is 4.93. The summed E-state index contributed by atoms with van der Waals surface area (Å²) in [6.07, 6.45) is -0.541. The van der Waals surface area contributed by atoms with Crippen molar-refractivity contribution in [1.82, 2.24) is 0 Å². The van der Waals surface area contributed by atoms with E-state index in [1.165, 1.54) is 0 Å². The zero-order valence-electron chi connectivity index (χ0n) is 9.29. The molecule has 1 aromatic rings. The normalized spacial score (nSPS) is 11.0. The molecule has 0 bridgehead atoms. The molecule has 1 aromatic carbocycles. The Bertz CT molecular complexity index is 374. The Hall–Kier alpha value is -1.26. The molecule has 0 unspecified atom stereocenters. The molecule has 0 spiro atoms. The summed E-state index contributed by atoms with van der Waals surface area (Å²) >= 11 is 5.77. The van der Waals surface area contributed by atoms with E-state index in [9.17, 15) is 4.79 Å². The van der Waals surface area contributed by atoms with Gasteiger partial charge in [0.1, 0.15) is 6.61 Å². The standard InChI is InChI=1S/C11H15ClN2O2/c1-11(2,13)7-16-10(15)14-9-5-3-4-8(12)6-9/h3-6H,7,13H2,1-2H3,(H,14,15). The van der Waals surface area contributed by atoms with Gasteiger partial charge in [-0.3, -0.25) is 5.32 Å². The minimum atomic E-state index is -0.541. The molecular formula is C11H15ClN2O2. The fourth-order valence-corrected chi connectivity index (χ4v) is 1.16. The van der Waals surface area contributed by atoms with Crippen LogP contribution in [0.3, 0.4) is 0 Å². The third-order valence-electron chi connectivity index (χ3n) is 1.65. The van der Waals surface area contributed by atoms with E-state index in [1.54, 1.807) is 38.1 Å². The van der Waals surface area contributed by atoms with Crippen molar-refractivity contribution in [2.45, 2.75) is 19.4 Å². The summed E-state index contributed by atoms with van der Waals surface area (Å²) in [7, 11) is 0. The third-order valence-corrected chi connectivity index (χ3v) is 1.88. The Labute approximate surface area is 99.7 Å². The fraction of sp³-hybridized carbons (Fsp3) is 0.364. The Morgan fingerprint density at radius 3 is 2.81 bits per heavy atom. The molecule has 0 aromatic heterocycles. The molecule has 1 amide bonds. The van der Waals surface area contributed by atoms with Crippen molar-refractivity contribution in [2.24, 2.45) is 5.73 Å². The predicted octanol–water partition coefficient (Wildman–Crippen LogP) is 2.63. The van der Waals surface area contributed by atoms with Crippen LogP contribution in [0.4, 0.5) is 10.5 Å². The third kappa shape index (κ3) is 5.00. The average molecular weight is 243 g/mol. The van der Waals surface area contributed by atoms with Crippen molar-refractivity contribution in [3.63, 3.8) is 0 Å². The number of ether oxygens (including phenoxy) is 1. The first-order valence-electron chi connectivity index (χ1n) is 4.85. The molecule has 0 fully saturated rings. The van der Waals surface area contributed by atoms with E-state index in [0.717, 1.165) is 0 Å². The highest BCUT2D eigenvalue weighted by atomic mass is 35.5. The Balaban J connectivity index is 2.46. The second-order valence-corrected chi connectivity index (χ2v) is 4.64. The minimum absolute atomic E-state index is 0.152. The van der Waals surface area contributed by atoms with Crippen molar-refractivity contribution in [2.75, 3.05) is 11.9 Å². The molecule has 16 heavy (non-hydrogen) atoms. The van der Waals surface area contributed by atoms with E-state index in [-0.39, 0.29) is 6.61 Å². The van der Waals surface area contributed by atoms with Gasteiger partial charge in [-0.25, -0.2) is 4.79 Å². The molecule has 0 atom stereocenters. The number of rotatable bonds is 3.